The van der Waals surface area contributed by atoms with E-state index in [0.29, 0.717) is 50.0 Å². The van der Waals surface area contributed by atoms with Crippen LogP contribution in [-0.2, 0) is 0 Å². The molecule has 0 fully saturated rings. The molecule has 3 aromatic carbocycles. The van der Waals surface area contributed by atoms with Gasteiger partial charge in [-0.1, -0.05) is 23.2 Å². The van der Waals surface area contributed by atoms with Gasteiger partial charge in [0.25, 0.3) is 11.8 Å². The third-order valence-electron chi connectivity index (χ3n) is 4.33. The van der Waals surface area contributed by atoms with Crippen LogP contribution in [0.4, 0.5) is 5.69 Å². The lowest BCUT2D eigenvalue weighted by Gasteiger charge is -2.27. The molecule has 0 aliphatic carbocycles. The highest BCUT2D eigenvalue weighted by atomic mass is 35.5. The molecule has 130 valence electrons. The first kappa shape index (κ1) is 16.9. The smallest absolute Gasteiger partial charge is 0.265 e. The predicted octanol–water partition coefficient (Wildman–Crippen LogP) is 5.35. The normalized spacial score (nSPS) is 13.4. The van der Waals surface area contributed by atoms with E-state index in [1.807, 2.05) is 6.92 Å². The largest absolute Gasteiger partial charge is 0.494 e. The summed E-state index contributed by atoms with van der Waals surface area (Å²) in [4.78, 5) is 27.2. The molecule has 0 saturated carbocycles. The van der Waals surface area contributed by atoms with Crippen LogP contribution in [0.15, 0.2) is 48.5 Å². The monoisotopic (exact) mass is 385 g/mol. The van der Waals surface area contributed by atoms with Crippen molar-refractivity contribution < 1.29 is 14.3 Å². The maximum absolute atomic E-state index is 13.0. The second kappa shape index (κ2) is 6.31. The molecule has 0 atom stereocenters. The van der Waals surface area contributed by atoms with Gasteiger partial charge in [-0.3, -0.25) is 9.59 Å². The summed E-state index contributed by atoms with van der Waals surface area (Å²) in [6, 6.07) is 13.3. The number of hydrogen-bond acceptors (Lipinski definition) is 3. The van der Waals surface area contributed by atoms with Gasteiger partial charge in [0.2, 0.25) is 0 Å². The maximum atomic E-state index is 13.0. The topological polar surface area (TPSA) is 46.6 Å². The fourth-order valence-electron chi connectivity index (χ4n) is 3.20. The third-order valence-corrected chi connectivity index (χ3v) is 4.96. The fourth-order valence-corrected chi connectivity index (χ4v) is 3.76. The zero-order chi connectivity index (χ0) is 18.4. The van der Waals surface area contributed by atoms with Crippen LogP contribution in [0.1, 0.15) is 27.6 Å². The van der Waals surface area contributed by atoms with Crippen molar-refractivity contribution in [3.63, 3.8) is 0 Å². The lowest BCUT2D eigenvalue weighted by molar-refractivity contribution is 0.0893. The second-order valence-corrected chi connectivity index (χ2v) is 6.63. The van der Waals surface area contributed by atoms with E-state index in [4.69, 9.17) is 27.9 Å². The van der Waals surface area contributed by atoms with Crippen molar-refractivity contribution in [1.82, 2.24) is 0 Å². The van der Waals surface area contributed by atoms with Gasteiger partial charge in [0.05, 0.1) is 12.3 Å². The molecule has 4 nitrogen and oxygen atoms in total. The molecule has 6 heteroatoms. The van der Waals surface area contributed by atoms with E-state index in [0.717, 1.165) is 4.90 Å². The van der Waals surface area contributed by atoms with Crippen molar-refractivity contribution in [3.05, 3.63) is 69.7 Å². The molecular formula is C20H13Cl2NO3. The number of hydrogen-bond donors (Lipinski definition) is 0. The molecule has 0 radical (unpaired) electrons. The average Bonchev–Trinajstić information content (AvgIpc) is 2.63. The van der Waals surface area contributed by atoms with Gasteiger partial charge in [0, 0.05) is 31.9 Å². The molecule has 1 aliphatic rings. The number of carbonyl (C=O) groups excluding carboxylic acids is 2. The summed E-state index contributed by atoms with van der Waals surface area (Å²) < 4.78 is 5.41. The van der Waals surface area contributed by atoms with E-state index in [1.165, 1.54) is 0 Å². The standard InChI is InChI=1S/C20H13Cl2NO3/c1-2-26-12-5-3-11(4-6-12)23-19(24)13-7-9-15(21)18-16(22)10-8-14(17(13)18)20(23)25/h3-10H,2H2,1H3. The Morgan fingerprint density at radius 3 is 1.85 bits per heavy atom. The summed E-state index contributed by atoms with van der Waals surface area (Å²) in [5.74, 6) is -0.139. The number of benzene rings is 3. The highest BCUT2D eigenvalue weighted by molar-refractivity contribution is 6.46. The number of halogens is 2. The van der Waals surface area contributed by atoms with Gasteiger partial charge < -0.3 is 4.74 Å². The highest BCUT2D eigenvalue weighted by Crippen LogP contribution is 2.39. The van der Waals surface area contributed by atoms with Crippen molar-refractivity contribution in [2.75, 3.05) is 11.5 Å². The first-order chi connectivity index (χ1) is 12.5. The van der Waals surface area contributed by atoms with Gasteiger partial charge in [-0.2, -0.15) is 0 Å². The van der Waals surface area contributed by atoms with Crippen LogP contribution in [0.3, 0.4) is 0 Å². The first-order valence-electron chi connectivity index (χ1n) is 8.05. The van der Waals surface area contributed by atoms with E-state index in [9.17, 15) is 9.59 Å². The molecule has 0 bridgehead atoms. The maximum Gasteiger partial charge on any atom is 0.265 e. The van der Waals surface area contributed by atoms with E-state index in [2.05, 4.69) is 0 Å². The highest BCUT2D eigenvalue weighted by Gasteiger charge is 2.34. The van der Waals surface area contributed by atoms with Crippen LogP contribution in [0.2, 0.25) is 10.0 Å². The van der Waals surface area contributed by atoms with Gasteiger partial charge >= 0.3 is 0 Å². The molecule has 0 aromatic heterocycles. The molecular weight excluding hydrogens is 373 g/mol. The van der Waals surface area contributed by atoms with E-state index >= 15 is 0 Å². The molecule has 0 saturated heterocycles. The summed E-state index contributed by atoms with van der Waals surface area (Å²) in [5, 5.41) is 1.84. The summed E-state index contributed by atoms with van der Waals surface area (Å²) in [6.07, 6.45) is 0. The van der Waals surface area contributed by atoms with Crippen molar-refractivity contribution in [1.29, 1.82) is 0 Å². The fraction of sp³-hybridized carbons (Fsp3) is 0.100. The number of rotatable bonds is 3. The van der Waals surface area contributed by atoms with Gasteiger partial charge in [-0.25, -0.2) is 4.90 Å². The van der Waals surface area contributed by atoms with Crippen molar-refractivity contribution >= 4 is 51.5 Å². The van der Waals surface area contributed by atoms with Gasteiger partial charge in [-0.15, -0.1) is 0 Å². The van der Waals surface area contributed by atoms with Crippen LogP contribution < -0.4 is 9.64 Å². The van der Waals surface area contributed by atoms with Crippen LogP contribution in [-0.4, -0.2) is 18.4 Å². The molecule has 0 spiro atoms. The Bertz CT molecular complexity index is 1000. The number of amides is 2. The third kappa shape index (κ3) is 2.45. The Morgan fingerprint density at radius 1 is 0.808 bits per heavy atom. The van der Waals surface area contributed by atoms with Crippen LogP contribution >= 0.6 is 23.2 Å². The molecule has 26 heavy (non-hydrogen) atoms. The van der Waals surface area contributed by atoms with Gasteiger partial charge in [0.1, 0.15) is 5.75 Å². The zero-order valence-electron chi connectivity index (χ0n) is 13.8. The van der Waals surface area contributed by atoms with E-state index in [1.54, 1.807) is 48.5 Å². The number of anilines is 1. The Kier molecular flexibility index (Phi) is 4.10. The quantitative estimate of drug-likeness (QED) is 0.571. The van der Waals surface area contributed by atoms with E-state index in [-0.39, 0.29) is 0 Å². The Hall–Kier alpha value is -2.56. The number of nitrogens with zero attached hydrogens (tertiary/aromatic N) is 1. The summed E-state index contributed by atoms with van der Waals surface area (Å²) in [7, 11) is 0. The number of imide groups is 1. The Morgan fingerprint density at radius 2 is 1.35 bits per heavy atom. The lowest BCUT2D eigenvalue weighted by atomic mass is 9.93. The first-order valence-corrected chi connectivity index (χ1v) is 8.81. The molecule has 0 unspecified atom stereocenters. The molecule has 1 aliphatic heterocycles. The van der Waals surface area contributed by atoms with Crippen LogP contribution in [0, 0.1) is 0 Å². The van der Waals surface area contributed by atoms with Crippen LogP contribution in [0.5, 0.6) is 5.75 Å². The Balaban J connectivity index is 1.89. The SMILES string of the molecule is CCOc1ccc(N2C(=O)c3ccc(Cl)c4c(Cl)ccc(c34)C2=O)cc1. The summed E-state index contributed by atoms with van der Waals surface area (Å²) >= 11 is 12.5. The molecule has 2 amide bonds. The van der Waals surface area contributed by atoms with Gasteiger partial charge in [-0.05, 0) is 55.5 Å². The van der Waals surface area contributed by atoms with Crippen LogP contribution in [0.25, 0.3) is 10.8 Å². The second-order valence-electron chi connectivity index (χ2n) is 5.81. The molecule has 1 heterocycles. The average molecular weight is 386 g/mol. The minimum absolute atomic E-state index is 0.399. The number of ether oxygens (including phenoxy) is 1. The molecule has 4 rings (SSSR count). The Labute approximate surface area is 159 Å². The van der Waals surface area contributed by atoms with Crippen molar-refractivity contribution in [2.24, 2.45) is 0 Å². The zero-order valence-corrected chi connectivity index (χ0v) is 15.3. The summed E-state index contributed by atoms with van der Waals surface area (Å²) in [6.45, 7) is 2.43. The van der Waals surface area contributed by atoms with Crippen molar-refractivity contribution in [3.8, 4) is 5.75 Å². The predicted molar refractivity (Wildman–Crippen MR) is 103 cm³/mol. The number of carbonyl (C=O) groups is 2. The van der Waals surface area contributed by atoms with Crippen molar-refractivity contribution in [2.45, 2.75) is 6.92 Å². The molecule has 0 N–H and O–H groups in total. The van der Waals surface area contributed by atoms with E-state index < -0.39 is 11.8 Å². The van der Waals surface area contributed by atoms with Gasteiger partial charge in [0.15, 0.2) is 0 Å². The summed E-state index contributed by atoms with van der Waals surface area (Å²) in [5.41, 5.74) is 1.28. The minimum Gasteiger partial charge on any atom is -0.494 e. The molecule has 3 aromatic rings. The minimum atomic E-state index is -0.407. The lowest BCUT2D eigenvalue weighted by Crippen LogP contribution is -2.40.